The van der Waals surface area contributed by atoms with E-state index in [2.05, 4.69) is 16.8 Å². The lowest BCUT2D eigenvalue weighted by atomic mass is 10.2. The zero-order valence-corrected chi connectivity index (χ0v) is 8.18. The average molecular weight is 202 g/mol. The lowest BCUT2D eigenvalue weighted by Crippen LogP contribution is -1.75. The maximum atomic E-state index is 5.87. The molecule has 0 aliphatic carbocycles. The molecule has 0 bridgehead atoms. The standard InChI is InChI=1S/C12H8ClN/c13-11-8-9-14-12(11)7-6-10-4-2-1-3-5-10/h1-5,8-9,14H. The highest BCUT2D eigenvalue weighted by Gasteiger charge is 1.94. The van der Waals surface area contributed by atoms with Crippen LogP contribution >= 0.6 is 11.6 Å². The van der Waals surface area contributed by atoms with Gasteiger partial charge in [0.05, 0.1) is 5.02 Å². The highest BCUT2D eigenvalue weighted by Crippen LogP contribution is 2.11. The van der Waals surface area contributed by atoms with Crippen molar-refractivity contribution in [3.05, 3.63) is 58.9 Å². The minimum Gasteiger partial charge on any atom is -0.354 e. The summed E-state index contributed by atoms with van der Waals surface area (Å²) in [7, 11) is 0. The van der Waals surface area contributed by atoms with E-state index in [4.69, 9.17) is 11.6 Å². The molecule has 2 aromatic rings. The molecular formula is C12H8ClN. The Morgan fingerprint density at radius 3 is 2.43 bits per heavy atom. The molecule has 1 nitrogen and oxygen atoms in total. The first kappa shape index (κ1) is 8.93. The molecule has 68 valence electrons. The van der Waals surface area contributed by atoms with Crippen LogP contribution in [0.2, 0.25) is 5.02 Å². The number of aromatic nitrogens is 1. The van der Waals surface area contributed by atoms with Gasteiger partial charge in [0, 0.05) is 11.8 Å². The normalized spacial score (nSPS) is 9.21. The minimum absolute atomic E-state index is 0.661. The molecule has 0 saturated heterocycles. The summed E-state index contributed by atoms with van der Waals surface area (Å²) >= 11 is 5.87. The van der Waals surface area contributed by atoms with Gasteiger partial charge in [-0.1, -0.05) is 35.7 Å². The topological polar surface area (TPSA) is 15.8 Å². The van der Waals surface area contributed by atoms with E-state index in [0.29, 0.717) is 5.02 Å². The van der Waals surface area contributed by atoms with Gasteiger partial charge in [0.2, 0.25) is 0 Å². The molecule has 0 spiro atoms. The molecule has 2 rings (SSSR count). The molecule has 2 heteroatoms. The molecular weight excluding hydrogens is 194 g/mol. The van der Waals surface area contributed by atoms with E-state index in [1.165, 1.54) is 0 Å². The van der Waals surface area contributed by atoms with Crippen molar-refractivity contribution in [2.75, 3.05) is 0 Å². The van der Waals surface area contributed by atoms with Crippen LogP contribution in [0.5, 0.6) is 0 Å². The van der Waals surface area contributed by atoms with Gasteiger partial charge in [-0.25, -0.2) is 0 Å². The smallest absolute Gasteiger partial charge is 0.109 e. The van der Waals surface area contributed by atoms with Gasteiger partial charge in [0.15, 0.2) is 0 Å². The van der Waals surface area contributed by atoms with Gasteiger partial charge in [-0.2, -0.15) is 0 Å². The van der Waals surface area contributed by atoms with E-state index in [-0.39, 0.29) is 0 Å². The zero-order valence-electron chi connectivity index (χ0n) is 7.42. The predicted octanol–water partition coefficient (Wildman–Crippen LogP) is 3.07. The lowest BCUT2D eigenvalue weighted by molar-refractivity contribution is 1.37. The molecule has 14 heavy (non-hydrogen) atoms. The van der Waals surface area contributed by atoms with E-state index in [1.807, 2.05) is 30.3 Å². The molecule has 1 aromatic carbocycles. The number of benzene rings is 1. The van der Waals surface area contributed by atoms with Crippen molar-refractivity contribution >= 4 is 11.6 Å². The monoisotopic (exact) mass is 201 g/mol. The van der Waals surface area contributed by atoms with Crippen LogP contribution in [-0.4, -0.2) is 4.98 Å². The Hall–Kier alpha value is -1.65. The van der Waals surface area contributed by atoms with Crippen molar-refractivity contribution < 1.29 is 0 Å². The summed E-state index contributed by atoms with van der Waals surface area (Å²) < 4.78 is 0. The molecule has 0 amide bonds. The van der Waals surface area contributed by atoms with E-state index >= 15 is 0 Å². The van der Waals surface area contributed by atoms with E-state index in [0.717, 1.165) is 11.3 Å². The molecule has 1 heterocycles. The van der Waals surface area contributed by atoms with Crippen LogP contribution in [0.3, 0.4) is 0 Å². The zero-order chi connectivity index (χ0) is 9.80. The summed E-state index contributed by atoms with van der Waals surface area (Å²) in [5.41, 5.74) is 1.74. The number of nitrogens with one attached hydrogen (secondary N) is 1. The first-order chi connectivity index (χ1) is 6.86. The largest absolute Gasteiger partial charge is 0.354 e. The van der Waals surface area contributed by atoms with Gasteiger partial charge < -0.3 is 4.98 Å². The highest BCUT2D eigenvalue weighted by molar-refractivity contribution is 6.31. The molecule has 0 fully saturated rings. The second-order valence-electron chi connectivity index (χ2n) is 2.82. The molecule has 0 radical (unpaired) electrons. The fraction of sp³-hybridized carbons (Fsp3) is 0. The van der Waals surface area contributed by atoms with E-state index in [1.54, 1.807) is 12.3 Å². The SMILES string of the molecule is Clc1cc[nH]c1C#Cc1ccccc1. The van der Waals surface area contributed by atoms with Crippen LogP contribution < -0.4 is 0 Å². The summed E-state index contributed by atoms with van der Waals surface area (Å²) in [6.45, 7) is 0. The van der Waals surface area contributed by atoms with Crippen molar-refractivity contribution in [2.24, 2.45) is 0 Å². The summed E-state index contributed by atoms with van der Waals surface area (Å²) in [6.07, 6.45) is 1.78. The number of hydrogen-bond donors (Lipinski definition) is 1. The Balaban J connectivity index is 2.28. The third kappa shape index (κ3) is 1.99. The second-order valence-corrected chi connectivity index (χ2v) is 3.22. The van der Waals surface area contributed by atoms with Crippen LogP contribution in [0.1, 0.15) is 11.3 Å². The first-order valence-corrected chi connectivity index (χ1v) is 4.64. The number of rotatable bonds is 0. The van der Waals surface area contributed by atoms with Crippen molar-refractivity contribution in [2.45, 2.75) is 0 Å². The highest BCUT2D eigenvalue weighted by atomic mass is 35.5. The Bertz CT molecular complexity index is 474. The van der Waals surface area contributed by atoms with Gasteiger partial charge in [0.1, 0.15) is 5.69 Å². The van der Waals surface area contributed by atoms with E-state index in [9.17, 15) is 0 Å². The van der Waals surface area contributed by atoms with Gasteiger partial charge in [0.25, 0.3) is 0 Å². The summed E-state index contributed by atoms with van der Waals surface area (Å²) in [5, 5.41) is 0.661. The van der Waals surface area contributed by atoms with E-state index < -0.39 is 0 Å². The van der Waals surface area contributed by atoms with Crippen LogP contribution in [0.25, 0.3) is 0 Å². The molecule has 0 saturated carbocycles. The van der Waals surface area contributed by atoms with Crippen molar-refractivity contribution in [1.82, 2.24) is 4.98 Å². The fourth-order valence-electron chi connectivity index (χ4n) is 1.10. The first-order valence-electron chi connectivity index (χ1n) is 4.26. The van der Waals surface area contributed by atoms with Gasteiger partial charge in [-0.05, 0) is 24.1 Å². The third-order valence-electron chi connectivity index (χ3n) is 1.80. The third-order valence-corrected chi connectivity index (χ3v) is 2.12. The number of hydrogen-bond acceptors (Lipinski definition) is 0. The van der Waals surface area contributed by atoms with Crippen LogP contribution in [-0.2, 0) is 0 Å². The summed E-state index contributed by atoms with van der Waals surface area (Å²) in [4.78, 5) is 2.97. The Labute approximate surface area is 87.7 Å². The molecule has 0 aliphatic heterocycles. The number of H-pyrrole nitrogens is 1. The molecule has 0 aliphatic rings. The quantitative estimate of drug-likeness (QED) is 0.631. The number of halogens is 1. The van der Waals surface area contributed by atoms with Crippen molar-refractivity contribution in [3.63, 3.8) is 0 Å². The summed E-state index contributed by atoms with van der Waals surface area (Å²) in [6, 6.07) is 11.6. The lowest BCUT2D eigenvalue weighted by Gasteiger charge is -1.86. The second kappa shape index (κ2) is 4.04. The molecule has 1 aromatic heterocycles. The molecule has 0 unspecified atom stereocenters. The van der Waals surface area contributed by atoms with Gasteiger partial charge in [-0.15, -0.1) is 0 Å². The molecule has 0 atom stereocenters. The Morgan fingerprint density at radius 1 is 1.00 bits per heavy atom. The van der Waals surface area contributed by atoms with Crippen molar-refractivity contribution in [1.29, 1.82) is 0 Å². The molecule has 1 N–H and O–H groups in total. The van der Waals surface area contributed by atoms with Crippen LogP contribution in [0, 0.1) is 11.8 Å². The summed E-state index contributed by atoms with van der Waals surface area (Å²) in [5.74, 6) is 5.99. The average Bonchev–Trinajstić information content (AvgIpc) is 2.63. The Kier molecular flexibility index (Phi) is 2.58. The predicted molar refractivity (Wildman–Crippen MR) is 58.2 cm³/mol. The van der Waals surface area contributed by atoms with Crippen LogP contribution in [0.4, 0.5) is 0 Å². The van der Waals surface area contributed by atoms with Gasteiger partial charge in [-0.3, -0.25) is 0 Å². The van der Waals surface area contributed by atoms with Crippen molar-refractivity contribution in [3.8, 4) is 11.8 Å². The van der Waals surface area contributed by atoms with Gasteiger partial charge >= 0.3 is 0 Å². The maximum Gasteiger partial charge on any atom is 0.109 e. The fourth-order valence-corrected chi connectivity index (χ4v) is 1.27. The maximum absolute atomic E-state index is 5.87. The minimum atomic E-state index is 0.661. The Morgan fingerprint density at radius 2 is 1.79 bits per heavy atom. The van der Waals surface area contributed by atoms with Crippen LogP contribution in [0.15, 0.2) is 42.6 Å². The number of aromatic amines is 1.